The smallest absolute Gasteiger partial charge is 0.253 e. The molecule has 0 aromatic heterocycles. The molecule has 2 rings (SSSR count). The number of piperidine rings is 1. The molecule has 0 aliphatic carbocycles. The Labute approximate surface area is 132 Å². The van der Waals surface area contributed by atoms with Gasteiger partial charge in [-0.1, -0.05) is 0 Å². The lowest BCUT2D eigenvalue weighted by Gasteiger charge is -2.22. The van der Waals surface area contributed by atoms with Crippen molar-refractivity contribution < 1.29 is 9.59 Å². The maximum atomic E-state index is 12.1. The number of rotatable bonds is 5. The molecular formula is C17H25N3O2. The second-order valence-corrected chi connectivity index (χ2v) is 6.03. The number of carbonyl (C=O) groups excluding carboxylic acids is 2. The first kappa shape index (κ1) is 16.5. The van der Waals surface area contributed by atoms with E-state index in [1.165, 1.54) is 17.7 Å². The van der Waals surface area contributed by atoms with Crippen LogP contribution < -0.4 is 10.6 Å². The van der Waals surface area contributed by atoms with Crippen molar-refractivity contribution in [1.82, 2.24) is 15.5 Å². The summed E-state index contributed by atoms with van der Waals surface area (Å²) in [6.07, 6.45) is 3.47. The predicted octanol–water partition coefficient (Wildman–Crippen LogP) is 1.51. The third-order valence-corrected chi connectivity index (χ3v) is 4.04. The molecule has 5 nitrogen and oxygen atoms in total. The molecule has 0 bridgehead atoms. The minimum absolute atomic E-state index is 0.0586. The molecule has 2 N–H and O–H groups in total. The molecule has 1 heterocycles. The van der Waals surface area contributed by atoms with E-state index in [-0.39, 0.29) is 11.8 Å². The standard InChI is InChI=1S/C17H25N3O2/c1-20(2)17(22)15-7-5-14(6-8-15)16(21)19-11-9-13-4-3-10-18-12-13/h5-8,13,18H,3-4,9-12H2,1-2H3,(H,19,21). The van der Waals surface area contributed by atoms with E-state index in [2.05, 4.69) is 10.6 Å². The quantitative estimate of drug-likeness (QED) is 0.867. The van der Waals surface area contributed by atoms with Crippen molar-refractivity contribution in [3.8, 4) is 0 Å². The summed E-state index contributed by atoms with van der Waals surface area (Å²) in [5, 5.41) is 6.34. The Morgan fingerprint density at radius 1 is 1.23 bits per heavy atom. The van der Waals surface area contributed by atoms with Crippen LogP contribution in [0.25, 0.3) is 0 Å². The molecule has 1 atom stereocenters. The molecule has 0 saturated carbocycles. The zero-order valence-electron chi connectivity index (χ0n) is 13.4. The largest absolute Gasteiger partial charge is 0.352 e. The average molecular weight is 303 g/mol. The van der Waals surface area contributed by atoms with Crippen LogP contribution in [0, 0.1) is 5.92 Å². The Morgan fingerprint density at radius 2 is 1.91 bits per heavy atom. The van der Waals surface area contributed by atoms with Gasteiger partial charge in [0.1, 0.15) is 0 Å². The highest BCUT2D eigenvalue weighted by molar-refractivity contribution is 5.97. The molecule has 0 radical (unpaired) electrons. The predicted molar refractivity (Wildman–Crippen MR) is 87.0 cm³/mol. The summed E-state index contributed by atoms with van der Waals surface area (Å²) in [5.41, 5.74) is 1.19. The van der Waals surface area contributed by atoms with Crippen LogP contribution in [0.1, 0.15) is 40.0 Å². The lowest BCUT2D eigenvalue weighted by atomic mass is 9.96. The van der Waals surface area contributed by atoms with Gasteiger partial charge < -0.3 is 15.5 Å². The van der Waals surface area contributed by atoms with Crippen LogP contribution in [0.2, 0.25) is 0 Å². The lowest BCUT2D eigenvalue weighted by Crippen LogP contribution is -2.33. The summed E-state index contributed by atoms with van der Waals surface area (Å²) < 4.78 is 0. The van der Waals surface area contributed by atoms with Crippen LogP contribution in [0.5, 0.6) is 0 Å². The van der Waals surface area contributed by atoms with E-state index in [1.807, 2.05) is 0 Å². The van der Waals surface area contributed by atoms with E-state index in [0.29, 0.717) is 23.6 Å². The topological polar surface area (TPSA) is 61.4 Å². The Balaban J connectivity index is 1.80. The van der Waals surface area contributed by atoms with E-state index in [0.717, 1.165) is 19.5 Å². The molecule has 1 aromatic carbocycles. The zero-order chi connectivity index (χ0) is 15.9. The number of nitrogens with zero attached hydrogens (tertiary/aromatic N) is 1. The molecule has 1 aliphatic rings. The number of benzene rings is 1. The molecule has 1 aliphatic heterocycles. The van der Waals surface area contributed by atoms with Crippen molar-refractivity contribution in [1.29, 1.82) is 0 Å². The van der Waals surface area contributed by atoms with Crippen molar-refractivity contribution in [2.75, 3.05) is 33.7 Å². The van der Waals surface area contributed by atoms with Gasteiger partial charge in [0.2, 0.25) is 0 Å². The first-order valence-corrected chi connectivity index (χ1v) is 7.88. The SMILES string of the molecule is CN(C)C(=O)c1ccc(C(=O)NCCC2CCCNC2)cc1. The van der Waals surface area contributed by atoms with Crippen molar-refractivity contribution >= 4 is 11.8 Å². The summed E-state index contributed by atoms with van der Waals surface area (Å²) in [5.74, 6) is 0.526. The van der Waals surface area contributed by atoms with Gasteiger partial charge in [0.05, 0.1) is 0 Å². The Hall–Kier alpha value is -1.88. The van der Waals surface area contributed by atoms with Crippen LogP contribution in [0.4, 0.5) is 0 Å². The molecule has 120 valence electrons. The molecule has 5 heteroatoms. The number of amides is 2. The van der Waals surface area contributed by atoms with Crippen molar-refractivity contribution in [2.24, 2.45) is 5.92 Å². The molecule has 22 heavy (non-hydrogen) atoms. The van der Waals surface area contributed by atoms with Gasteiger partial charge in [0.25, 0.3) is 11.8 Å². The molecule has 1 unspecified atom stereocenters. The second kappa shape index (κ2) is 7.94. The summed E-state index contributed by atoms with van der Waals surface area (Å²) in [4.78, 5) is 25.4. The molecule has 0 spiro atoms. The maximum absolute atomic E-state index is 12.1. The second-order valence-electron chi connectivity index (χ2n) is 6.03. The maximum Gasteiger partial charge on any atom is 0.253 e. The highest BCUT2D eigenvalue weighted by Gasteiger charge is 2.14. The van der Waals surface area contributed by atoms with Crippen LogP contribution in [-0.2, 0) is 0 Å². The Kier molecular flexibility index (Phi) is 5.95. The van der Waals surface area contributed by atoms with Gasteiger partial charge >= 0.3 is 0 Å². The summed E-state index contributed by atoms with van der Waals surface area (Å²) in [6, 6.07) is 6.80. The first-order valence-electron chi connectivity index (χ1n) is 7.88. The van der Waals surface area contributed by atoms with E-state index in [9.17, 15) is 9.59 Å². The van der Waals surface area contributed by atoms with E-state index >= 15 is 0 Å². The first-order chi connectivity index (χ1) is 10.6. The fraction of sp³-hybridized carbons (Fsp3) is 0.529. The van der Waals surface area contributed by atoms with Gasteiger partial charge in [-0.25, -0.2) is 0 Å². The average Bonchev–Trinajstić information content (AvgIpc) is 2.55. The third-order valence-electron chi connectivity index (χ3n) is 4.04. The van der Waals surface area contributed by atoms with Crippen molar-refractivity contribution in [2.45, 2.75) is 19.3 Å². The molecule has 1 saturated heterocycles. The Morgan fingerprint density at radius 3 is 2.50 bits per heavy atom. The fourth-order valence-corrected chi connectivity index (χ4v) is 2.68. The number of hydrogen-bond donors (Lipinski definition) is 2. The van der Waals surface area contributed by atoms with Gasteiger partial charge in [-0.05, 0) is 62.5 Å². The minimum atomic E-state index is -0.0763. The van der Waals surface area contributed by atoms with Gasteiger partial charge in [0.15, 0.2) is 0 Å². The van der Waals surface area contributed by atoms with E-state index < -0.39 is 0 Å². The molecule has 2 amide bonds. The summed E-state index contributed by atoms with van der Waals surface area (Å²) in [6.45, 7) is 2.86. The molecule has 1 fully saturated rings. The van der Waals surface area contributed by atoms with Gasteiger partial charge in [-0.2, -0.15) is 0 Å². The zero-order valence-corrected chi connectivity index (χ0v) is 13.4. The van der Waals surface area contributed by atoms with Gasteiger partial charge in [0, 0.05) is 31.8 Å². The third kappa shape index (κ3) is 4.56. The number of carbonyl (C=O) groups is 2. The van der Waals surface area contributed by atoms with Crippen molar-refractivity contribution in [3.05, 3.63) is 35.4 Å². The lowest BCUT2D eigenvalue weighted by molar-refractivity contribution is 0.0826. The molecule has 1 aromatic rings. The van der Waals surface area contributed by atoms with Crippen LogP contribution >= 0.6 is 0 Å². The highest BCUT2D eigenvalue weighted by atomic mass is 16.2. The monoisotopic (exact) mass is 303 g/mol. The van der Waals surface area contributed by atoms with E-state index in [1.54, 1.807) is 38.4 Å². The van der Waals surface area contributed by atoms with Crippen LogP contribution in [0.3, 0.4) is 0 Å². The summed E-state index contributed by atoms with van der Waals surface area (Å²) >= 11 is 0. The number of nitrogens with one attached hydrogen (secondary N) is 2. The van der Waals surface area contributed by atoms with Gasteiger partial charge in [-0.3, -0.25) is 9.59 Å². The Bertz CT molecular complexity index is 505. The van der Waals surface area contributed by atoms with Crippen molar-refractivity contribution in [3.63, 3.8) is 0 Å². The normalized spacial score (nSPS) is 17.8. The highest BCUT2D eigenvalue weighted by Crippen LogP contribution is 2.13. The number of hydrogen-bond acceptors (Lipinski definition) is 3. The van der Waals surface area contributed by atoms with Gasteiger partial charge in [-0.15, -0.1) is 0 Å². The van der Waals surface area contributed by atoms with Crippen LogP contribution in [-0.4, -0.2) is 50.4 Å². The van der Waals surface area contributed by atoms with E-state index in [4.69, 9.17) is 0 Å². The summed E-state index contributed by atoms with van der Waals surface area (Å²) in [7, 11) is 3.42. The fourth-order valence-electron chi connectivity index (χ4n) is 2.68. The van der Waals surface area contributed by atoms with Crippen LogP contribution in [0.15, 0.2) is 24.3 Å². The minimum Gasteiger partial charge on any atom is -0.352 e. The molecular weight excluding hydrogens is 278 g/mol.